The number of fused-ring (bicyclic) bond motifs is 3. The smallest absolute Gasteiger partial charge is 0.191 e. The number of pyridine rings is 2. The lowest BCUT2D eigenvalue weighted by Gasteiger charge is -2.00. The Morgan fingerprint density at radius 3 is 3.00 bits per heavy atom. The molecule has 1 aromatic carbocycles. The average Bonchev–Trinajstić information content (AvgIpc) is 2.29. The third-order valence-corrected chi connectivity index (χ3v) is 2.49. The molecule has 15 heavy (non-hydrogen) atoms. The SMILES string of the molecule is O=c1cc[nH]c2ccc3cccnc3c12. The first-order valence-corrected chi connectivity index (χ1v) is 4.71. The first kappa shape index (κ1) is 8.17. The van der Waals surface area contributed by atoms with Crippen molar-refractivity contribution in [1.82, 2.24) is 9.97 Å². The van der Waals surface area contributed by atoms with Crippen molar-refractivity contribution in [3.63, 3.8) is 0 Å². The molecule has 3 aromatic rings. The molecule has 0 bridgehead atoms. The lowest BCUT2D eigenvalue weighted by atomic mass is 10.1. The fourth-order valence-corrected chi connectivity index (χ4v) is 1.81. The van der Waals surface area contributed by atoms with E-state index in [0.29, 0.717) is 5.39 Å². The molecule has 0 amide bonds. The predicted octanol–water partition coefficient (Wildman–Crippen LogP) is 2.08. The largest absolute Gasteiger partial charge is 0.361 e. The van der Waals surface area contributed by atoms with E-state index in [9.17, 15) is 4.79 Å². The Balaban J connectivity index is 2.70. The van der Waals surface area contributed by atoms with Crippen molar-refractivity contribution in [2.45, 2.75) is 0 Å². The van der Waals surface area contributed by atoms with Gasteiger partial charge in [0.1, 0.15) is 0 Å². The molecule has 2 heterocycles. The fourth-order valence-electron chi connectivity index (χ4n) is 1.81. The third-order valence-electron chi connectivity index (χ3n) is 2.49. The number of nitrogens with zero attached hydrogens (tertiary/aromatic N) is 1. The highest BCUT2D eigenvalue weighted by molar-refractivity contribution is 6.03. The van der Waals surface area contributed by atoms with Crippen LogP contribution in [0.1, 0.15) is 0 Å². The van der Waals surface area contributed by atoms with Gasteiger partial charge in [0, 0.05) is 23.8 Å². The number of hydrogen-bond donors (Lipinski definition) is 1. The van der Waals surface area contributed by atoms with Crippen molar-refractivity contribution >= 4 is 21.8 Å². The molecule has 0 unspecified atom stereocenters. The summed E-state index contributed by atoms with van der Waals surface area (Å²) in [5, 5.41) is 1.65. The van der Waals surface area contributed by atoms with Gasteiger partial charge in [-0.15, -0.1) is 0 Å². The van der Waals surface area contributed by atoms with Gasteiger partial charge in [0.2, 0.25) is 0 Å². The minimum absolute atomic E-state index is 0.00745. The molecule has 72 valence electrons. The van der Waals surface area contributed by atoms with Crippen LogP contribution in [-0.2, 0) is 0 Å². The summed E-state index contributed by atoms with van der Waals surface area (Å²) in [4.78, 5) is 19.0. The van der Waals surface area contributed by atoms with Crippen LogP contribution in [0.5, 0.6) is 0 Å². The van der Waals surface area contributed by atoms with E-state index in [1.165, 1.54) is 6.07 Å². The van der Waals surface area contributed by atoms with E-state index < -0.39 is 0 Å². The van der Waals surface area contributed by atoms with Gasteiger partial charge in [0.15, 0.2) is 5.43 Å². The zero-order valence-corrected chi connectivity index (χ0v) is 7.90. The maximum atomic E-state index is 11.7. The molecule has 0 saturated heterocycles. The molecular formula is C12H8N2O. The van der Waals surface area contributed by atoms with Crippen molar-refractivity contribution in [2.24, 2.45) is 0 Å². The van der Waals surface area contributed by atoms with Crippen LogP contribution in [0.3, 0.4) is 0 Å². The molecule has 0 spiro atoms. The van der Waals surface area contributed by atoms with Crippen LogP contribution in [0.2, 0.25) is 0 Å². The Morgan fingerprint density at radius 1 is 1.13 bits per heavy atom. The summed E-state index contributed by atoms with van der Waals surface area (Å²) in [6.07, 6.45) is 3.35. The molecule has 1 N–H and O–H groups in total. The summed E-state index contributed by atoms with van der Waals surface area (Å²) >= 11 is 0. The molecule has 0 aliphatic heterocycles. The van der Waals surface area contributed by atoms with E-state index in [1.807, 2.05) is 24.3 Å². The van der Waals surface area contributed by atoms with Crippen LogP contribution in [0.15, 0.2) is 47.5 Å². The minimum atomic E-state index is 0.00745. The number of hydrogen-bond acceptors (Lipinski definition) is 2. The topological polar surface area (TPSA) is 45.8 Å². The van der Waals surface area contributed by atoms with E-state index >= 15 is 0 Å². The normalized spacial score (nSPS) is 10.9. The van der Waals surface area contributed by atoms with Crippen LogP contribution in [0, 0.1) is 0 Å². The van der Waals surface area contributed by atoms with Crippen LogP contribution >= 0.6 is 0 Å². The molecular weight excluding hydrogens is 188 g/mol. The van der Waals surface area contributed by atoms with Gasteiger partial charge in [-0.3, -0.25) is 9.78 Å². The van der Waals surface area contributed by atoms with Crippen molar-refractivity contribution in [3.05, 3.63) is 52.9 Å². The van der Waals surface area contributed by atoms with Gasteiger partial charge < -0.3 is 4.98 Å². The predicted molar refractivity (Wildman–Crippen MR) is 59.9 cm³/mol. The summed E-state index contributed by atoms with van der Waals surface area (Å²) in [6, 6.07) is 9.21. The van der Waals surface area contributed by atoms with Crippen LogP contribution in [0.4, 0.5) is 0 Å². The number of benzene rings is 1. The summed E-state index contributed by atoms with van der Waals surface area (Å²) in [6.45, 7) is 0. The van der Waals surface area contributed by atoms with E-state index in [1.54, 1.807) is 12.4 Å². The Hall–Kier alpha value is -2.16. The maximum Gasteiger partial charge on any atom is 0.191 e. The highest BCUT2D eigenvalue weighted by Gasteiger charge is 2.03. The quantitative estimate of drug-likeness (QED) is 0.559. The van der Waals surface area contributed by atoms with Gasteiger partial charge in [0.05, 0.1) is 16.4 Å². The third kappa shape index (κ3) is 1.13. The summed E-state index contributed by atoms with van der Waals surface area (Å²) in [5.41, 5.74) is 1.60. The van der Waals surface area contributed by atoms with Crippen LogP contribution in [0.25, 0.3) is 21.8 Å². The highest BCUT2D eigenvalue weighted by Crippen LogP contribution is 2.18. The van der Waals surface area contributed by atoms with E-state index in [4.69, 9.17) is 0 Å². The number of nitrogens with one attached hydrogen (secondary N) is 1. The van der Waals surface area contributed by atoms with Crippen molar-refractivity contribution < 1.29 is 0 Å². The highest BCUT2D eigenvalue weighted by atomic mass is 16.1. The Morgan fingerprint density at radius 2 is 2.07 bits per heavy atom. The Labute approximate surface area is 85.4 Å². The molecule has 0 radical (unpaired) electrons. The van der Waals surface area contributed by atoms with Gasteiger partial charge in [-0.05, 0) is 12.1 Å². The molecule has 3 nitrogen and oxygen atoms in total. The molecule has 3 rings (SSSR count). The maximum absolute atomic E-state index is 11.7. The summed E-state index contributed by atoms with van der Waals surface area (Å²) < 4.78 is 0. The van der Waals surface area contributed by atoms with E-state index in [0.717, 1.165) is 16.4 Å². The van der Waals surface area contributed by atoms with Crippen LogP contribution in [-0.4, -0.2) is 9.97 Å². The summed E-state index contributed by atoms with van der Waals surface area (Å²) in [7, 11) is 0. The van der Waals surface area contributed by atoms with Crippen molar-refractivity contribution in [1.29, 1.82) is 0 Å². The van der Waals surface area contributed by atoms with Crippen molar-refractivity contribution in [2.75, 3.05) is 0 Å². The van der Waals surface area contributed by atoms with Gasteiger partial charge in [0.25, 0.3) is 0 Å². The Kier molecular flexibility index (Phi) is 1.59. The molecule has 3 heteroatoms. The Bertz CT molecular complexity index is 700. The molecule has 0 fully saturated rings. The zero-order chi connectivity index (χ0) is 10.3. The first-order valence-electron chi connectivity index (χ1n) is 4.71. The molecule has 0 atom stereocenters. The lowest BCUT2D eigenvalue weighted by Crippen LogP contribution is -2.01. The molecule has 0 aliphatic rings. The minimum Gasteiger partial charge on any atom is -0.361 e. The van der Waals surface area contributed by atoms with Gasteiger partial charge in [-0.25, -0.2) is 0 Å². The first-order chi connectivity index (χ1) is 7.36. The zero-order valence-electron chi connectivity index (χ0n) is 7.90. The average molecular weight is 196 g/mol. The molecule has 0 saturated carbocycles. The van der Waals surface area contributed by atoms with Crippen molar-refractivity contribution in [3.8, 4) is 0 Å². The standard InChI is InChI=1S/C12H8N2O/c15-10-5-7-13-9-4-3-8-2-1-6-14-12(8)11(9)10/h1-7H,(H,13,15). The number of rotatable bonds is 0. The van der Waals surface area contributed by atoms with Crippen LogP contribution < -0.4 is 5.43 Å². The second kappa shape index (κ2) is 2.92. The van der Waals surface area contributed by atoms with Gasteiger partial charge in [-0.2, -0.15) is 0 Å². The van der Waals surface area contributed by atoms with E-state index in [-0.39, 0.29) is 5.43 Å². The molecule has 2 aromatic heterocycles. The number of aromatic nitrogens is 2. The fraction of sp³-hybridized carbons (Fsp3) is 0. The lowest BCUT2D eigenvalue weighted by molar-refractivity contribution is 1.37. The number of aromatic amines is 1. The monoisotopic (exact) mass is 196 g/mol. The molecule has 0 aliphatic carbocycles. The van der Waals surface area contributed by atoms with Gasteiger partial charge >= 0.3 is 0 Å². The van der Waals surface area contributed by atoms with Gasteiger partial charge in [-0.1, -0.05) is 12.1 Å². The second-order valence-electron chi connectivity index (χ2n) is 3.41. The second-order valence-corrected chi connectivity index (χ2v) is 3.41. The number of H-pyrrole nitrogens is 1. The summed E-state index contributed by atoms with van der Waals surface area (Å²) in [5.74, 6) is 0. The van der Waals surface area contributed by atoms with E-state index in [2.05, 4.69) is 9.97 Å².